The van der Waals surface area contributed by atoms with Gasteiger partial charge >= 0.3 is 0 Å². The van der Waals surface area contributed by atoms with Crippen molar-refractivity contribution < 1.29 is 0 Å². The van der Waals surface area contributed by atoms with E-state index in [1.807, 2.05) is 0 Å². The van der Waals surface area contributed by atoms with E-state index in [1.165, 1.54) is 30.5 Å². The molecular formula is C13H17N. The fraction of sp³-hybridized carbons (Fsp3) is 0.615. The molecule has 1 aromatic rings. The summed E-state index contributed by atoms with van der Waals surface area (Å²) >= 11 is 0. The summed E-state index contributed by atoms with van der Waals surface area (Å²) in [6, 6.07) is 4.51. The van der Waals surface area contributed by atoms with Gasteiger partial charge in [-0.25, -0.2) is 0 Å². The lowest BCUT2D eigenvalue weighted by atomic mass is 9.42. The number of aromatic nitrogens is 1. The molecule has 74 valence electrons. The Hall–Kier alpha value is -0.850. The fourth-order valence-corrected chi connectivity index (χ4v) is 2.89. The summed E-state index contributed by atoms with van der Waals surface area (Å²) in [5, 5.41) is 0. The molecule has 3 saturated carbocycles. The molecule has 2 bridgehead atoms. The normalized spacial score (nSPS) is 33.8. The van der Waals surface area contributed by atoms with Crippen LogP contribution in [0.5, 0.6) is 0 Å². The van der Waals surface area contributed by atoms with Crippen molar-refractivity contribution >= 4 is 0 Å². The summed E-state index contributed by atoms with van der Waals surface area (Å²) in [7, 11) is 0. The summed E-state index contributed by atoms with van der Waals surface area (Å²) < 4.78 is 0. The highest BCUT2D eigenvalue weighted by Crippen LogP contribution is 2.64. The topological polar surface area (TPSA) is 12.9 Å². The lowest BCUT2D eigenvalue weighted by Crippen LogP contribution is -2.55. The minimum atomic E-state index is 0.553. The third-order valence-electron chi connectivity index (χ3n) is 4.03. The molecule has 0 N–H and O–H groups in total. The van der Waals surface area contributed by atoms with Gasteiger partial charge in [0.15, 0.2) is 0 Å². The maximum Gasteiger partial charge on any atom is 0.0429 e. The molecule has 3 aliphatic rings. The molecule has 0 unspecified atom stereocenters. The molecule has 0 radical (unpaired) electrons. The maximum atomic E-state index is 4.55. The second-order valence-corrected chi connectivity index (χ2v) is 5.39. The number of nitrogens with zero attached hydrogens (tertiary/aromatic N) is 1. The van der Waals surface area contributed by atoms with Crippen LogP contribution in [0.4, 0.5) is 0 Å². The Kier molecular flexibility index (Phi) is 1.56. The van der Waals surface area contributed by atoms with E-state index in [2.05, 4.69) is 37.2 Å². The van der Waals surface area contributed by atoms with Crippen molar-refractivity contribution in [3.05, 3.63) is 29.6 Å². The van der Waals surface area contributed by atoms with E-state index in [4.69, 9.17) is 0 Å². The third-order valence-corrected chi connectivity index (χ3v) is 4.03. The minimum Gasteiger partial charge on any atom is -0.261 e. The van der Waals surface area contributed by atoms with Crippen LogP contribution >= 0.6 is 0 Å². The summed E-state index contributed by atoms with van der Waals surface area (Å²) in [5.41, 5.74) is 3.29. The van der Waals surface area contributed by atoms with Crippen LogP contribution in [0.25, 0.3) is 0 Å². The summed E-state index contributed by atoms with van der Waals surface area (Å²) in [4.78, 5) is 4.55. The van der Waals surface area contributed by atoms with E-state index in [1.54, 1.807) is 0 Å². The highest BCUT2D eigenvalue weighted by atomic mass is 14.7. The van der Waals surface area contributed by atoms with E-state index in [0.29, 0.717) is 11.3 Å². The first-order valence-electron chi connectivity index (χ1n) is 5.66. The van der Waals surface area contributed by atoms with Crippen LogP contribution in [0.2, 0.25) is 0 Å². The second kappa shape index (κ2) is 2.59. The van der Waals surface area contributed by atoms with Gasteiger partial charge in [0.1, 0.15) is 0 Å². The largest absolute Gasteiger partial charge is 0.261 e. The van der Waals surface area contributed by atoms with E-state index in [-0.39, 0.29) is 0 Å². The van der Waals surface area contributed by atoms with Crippen molar-refractivity contribution in [3.63, 3.8) is 0 Å². The molecule has 0 atom stereocenters. The van der Waals surface area contributed by atoms with Crippen LogP contribution in [0.15, 0.2) is 18.3 Å². The summed E-state index contributed by atoms with van der Waals surface area (Å²) in [5.74, 6) is 1.61. The lowest BCUT2D eigenvalue weighted by molar-refractivity contribution is -0.0276. The standard InChI is InChI=1S/C13H17N/c1-9(2)12-4-3-11(8-14-12)13-5-10(6-13)7-13/h3-4,8-10H,5-7H2,1-2H3. The minimum absolute atomic E-state index is 0.553. The van der Waals surface area contributed by atoms with Crippen LogP contribution in [0, 0.1) is 5.92 Å². The molecule has 14 heavy (non-hydrogen) atoms. The van der Waals surface area contributed by atoms with E-state index in [0.717, 1.165) is 5.92 Å². The zero-order chi connectivity index (χ0) is 9.76. The molecule has 1 nitrogen and oxygen atoms in total. The van der Waals surface area contributed by atoms with Gasteiger partial charge in [0.05, 0.1) is 0 Å². The van der Waals surface area contributed by atoms with Crippen molar-refractivity contribution in [2.75, 3.05) is 0 Å². The molecule has 4 rings (SSSR count). The van der Waals surface area contributed by atoms with Crippen molar-refractivity contribution in [1.82, 2.24) is 4.98 Å². The number of hydrogen-bond donors (Lipinski definition) is 0. The Morgan fingerprint density at radius 1 is 1.29 bits per heavy atom. The van der Waals surface area contributed by atoms with Gasteiger partial charge in [0.25, 0.3) is 0 Å². The lowest BCUT2D eigenvalue weighted by Gasteiger charge is -2.62. The van der Waals surface area contributed by atoms with Gasteiger partial charge in [0, 0.05) is 11.9 Å². The Bertz CT molecular complexity index is 333. The molecule has 0 saturated heterocycles. The maximum absolute atomic E-state index is 4.55. The molecule has 0 aromatic carbocycles. The number of hydrogen-bond acceptors (Lipinski definition) is 1. The molecule has 1 aromatic heterocycles. The predicted molar refractivity (Wildman–Crippen MR) is 57.3 cm³/mol. The Morgan fingerprint density at radius 2 is 2.00 bits per heavy atom. The van der Waals surface area contributed by atoms with Gasteiger partial charge in [0.2, 0.25) is 0 Å². The van der Waals surface area contributed by atoms with Crippen molar-refractivity contribution in [2.45, 2.75) is 44.4 Å². The third kappa shape index (κ3) is 0.985. The fourth-order valence-electron chi connectivity index (χ4n) is 2.89. The molecule has 0 aliphatic heterocycles. The Morgan fingerprint density at radius 3 is 2.36 bits per heavy atom. The van der Waals surface area contributed by atoms with E-state index in [9.17, 15) is 0 Å². The molecule has 3 aliphatic carbocycles. The SMILES string of the molecule is CC(C)c1ccc(C23CC(C2)C3)cn1. The van der Waals surface area contributed by atoms with Gasteiger partial charge in [-0.15, -0.1) is 0 Å². The first-order chi connectivity index (χ1) is 6.70. The molecule has 0 spiro atoms. The highest BCUT2D eigenvalue weighted by Gasteiger charge is 2.57. The molecule has 0 amide bonds. The monoisotopic (exact) mass is 187 g/mol. The van der Waals surface area contributed by atoms with Gasteiger partial charge in [-0.05, 0) is 48.1 Å². The van der Waals surface area contributed by atoms with E-state index < -0.39 is 0 Å². The Balaban J connectivity index is 1.87. The van der Waals surface area contributed by atoms with Crippen molar-refractivity contribution in [3.8, 4) is 0 Å². The Labute approximate surface area is 85.6 Å². The van der Waals surface area contributed by atoms with Crippen molar-refractivity contribution in [2.24, 2.45) is 5.92 Å². The molecule has 1 heterocycles. The smallest absolute Gasteiger partial charge is 0.0429 e. The van der Waals surface area contributed by atoms with Gasteiger partial charge in [-0.3, -0.25) is 4.98 Å². The van der Waals surface area contributed by atoms with Crippen molar-refractivity contribution in [1.29, 1.82) is 0 Å². The number of pyridine rings is 1. The van der Waals surface area contributed by atoms with Crippen LogP contribution in [0.3, 0.4) is 0 Å². The highest BCUT2D eigenvalue weighted by molar-refractivity contribution is 5.33. The van der Waals surface area contributed by atoms with Gasteiger partial charge in [-0.2, -0.15) is 0 Å². The zero-order valence-electron chi connectivity index (χ0n) is 8.96. The van der Waals surface area contributed by atoms with Crippen LogP contribution in [0.1, 0.15) is 50.3 Å². The quantitative estimate of drug-likeness (QED) is 0.692. The second-order valence-electron chi connectivity index (χ2n) is 5.39. The van der Waals surface area contributed by atoms with Gasteiger partial charge < -0.3 is 0 Å². The average molecular weight is 187 g/mol. The van der Waals surface area contributed by atoms with Gasteiger partial charge in [-0.1, -0.05) is 19.9 Å². The average Bonchev–Trinajstić information content (AvgIpc) is 1.99. The zero-order valence-corrected chi connectivity index (χ0v) is 8.96. The molecular weight excluding hydrogens is 170 g/mol. The van der Waals surface area contributed by atoms with E-state index >= 15 is 0 Å². The molecule has 1 heteroatoms. The van der Waals surface area contributed by atoms with Crippen LogP contribution in [-0.4, -0.2) is 4.98 Å². The first-order valence-corrected chi connectivity index (χ1v) is 5.66. The first kappa shape index (κ1) is 8.46. The number of rotatable bonds is 2. The predicted octanol–water partition coefficient (Wildman–Crippen LogP) is 3.26. The summed E-state index contributed by atoms with van der Waals surface area (Å²) in [6.07, 6.45) is 6.39. The van der Waals surface area contributed by atoms with Crippen LogP contribution in [-0.2, 0) is 5.41 Å². The summed E-state index contributed by atoms with van der Waals surface area (Å²) in [6.45, 7) is 4.39. The molecule has 3 fully saturated rings. The van der Waals surface area contributed by atoms with Crippen LogP contribution < -0.4 is 0 Å².